The van der Waals surface area contributed by atoms with Gasteiger partial charge in [-0.2, -0.15) is 4.31 Å². The van der Waals surface area contributed by atoms with E-state index in [2.05, 4.69) is 5.32 Å². The second-order valence-electron chi connectivity index (χ2n) is 6.72. The molecule has 3 rings (SSSR count). The number of sulfonamides is 1. The Kier molecular flexibility index (Phi) is 6.51. The molecule has 0 bridgehead atoms. The molecule has 1 aliphatic heterocycles. The Morgan fingerprint density at radius 1 is 1.07 bits per heavy atom. The van der Waals surface area contributed by atoms with Crippen molar-refractivity contribution >= 4 is 38.9 Å². The molecule has 0 radical (unpaired) electrons. The van der Waals surface area contributed by atoms with Crippen LogP contribution in [0.5, 0.6) is 0 Å². The molecular formula is C19H20ClN3O5S. The molecular weight excluding hydrogens is 418 g/mol. The van der Waals surface area contributed by atoms with Crippen LogP contribution in [-0.2, 0) is 10.0 Å². The fourth-order valence-electron chi connectivity index (χ4n) is 3.16. The summed E-state index contributed by atoms with van der Waals surface area (Å²) in [5, 5.41) is 13.6. The molecule has 1 amide bonds. The maximum atomic E-state index is 12.9. The third-order valence-electron chi connectivity index (χ3n) is 4.70. The van der Waals surface area contributed by atoms with Gasteiger partial charge in [-0.25, -0.2) is 8.42 Å². The van der Waals surface area contributed by atoms with Gasteiger partial charge in [-0.3, -0.25) is 14.9 Å². The minimum Gasteiger partial charge on any atom is -0.322 e. The lowest BCUT2D eigenvalue weighted by molar-refractivity contribution is -0.384. The van der Waals surface area contributed by atoms with Crippen LogP contribution in [0.4, 0.5) is 11.4 Å². The van der Waals surface area contributed by atoms with E-state index in [0.29, 0.717) is 13.1 Å². The van der Waals surface area contributed by atoms with Crippen molar-refractivity contribution in [2.45, 2.75) is 30.6 Å². The first-order valence-electron chi connectivity index (χ1n) is 9.14. The first kappa shape index (κ1) is 21.2. The zero-order chi connectivity index (χ0) is 21.0. The Morgan fingerprint density at radius 2 is 1.76 bits per heavy atom. The van der Waals surface area contributed by atoms with E-state index in [1.54, 1.807) is 6.07 Å². The molecule has 8 nitrogen and oxygen atoms in total. The number of rotatable bonds is 5. The number of halogens is 1. The second-order valence-corrected chi connectivity index (χ2v) is 9.07. The van der Waals surface area contributed by atoms with Crippen molar-refractivity contribution in [3.8, 4) is 0 Å². The predicted octanol–water partition coefficient (Wildman–Crippen LogP) is 4.07. The molecule has 154 valence electrons. The van der Waals surface area contributed by atoms with Crippen LogP contribution in [0.2, 0.25) is 5.02 Å². The summed E-state index contributed by atoms with van der Waals surface area (Å²) in [5.74, 6) is -0.664. The molecule has 1 saturated heterocycles. The molecule has 29 heavy (non-hydrogen) atoms. The molecule has 1 fully saturated rings. The van der Waals surface area contributed by atoms with Crippen LogP contribution in [-0.4, -0.2) is 36.6 Å². The normalized spacial score (nSPS) is 15.5. The number of amides is 1. The largest absolute Gasteiger partial charge is 0.322 e. The highest BCUT2D eigenvalue weighted by molar-refractivity contribution is 7.89. The maximum Gasteiger partial charge on any atom is 0.270 e. The quantitative estimate of drug-likeness (QED) is 0.560. The lowest BCUT2D eigenvalue weighted by Crippen LogP contribution is -2.32. The van der Waals surface area contributed by atoms with Gasteiger partial charge in [0.05, 0.1) is 20.4 Å². The smallest absolute Gasteiger partial charge is 0.270 e. The number of anilines is 1. The van der Waals surface area contributed by atoms with Crippen LogP contribution in [0.3, 0.4) is 0 Å². The van der Waals surface area contributed by atoms with Crippen molar-refractivity contribution in [1.29, 1.82) is 0 Å². The molecule has 0 aliphatic carbocycles. The highest BCUT2D eigenvalue weighted by Gasteiger charge is 2.25. The van der Waals surface area contributed by atoms with E-state index < -0.39 is 20.9 Å². The number of nitro benzene ring substituents is 1. The standard InChI is InChI=1S/C19H20ClN3O5S/c20-18-9-8-15(23(25)26)13-17(18)19(24)21-14-6-5-7-16(12-14)29(27,28)22-10-3-1-2-4-11-22/h5-9,12-13H,1-4,10-11H2,(H,21,24). The summed E-state index contributed by atoms with van der Waals surface area (Å²) in [7, 11) is -3.67. The van der Waals surface area contributed by atoms with E-state index in [1.165, 1.54) is 34.6 Å². The van der Waals surface area contributed by atoms with Gasteiger partial charge >= 0.3 is 0 Å². The highest BCUT2D eigenvalue weighted by atomic mass is 35.5. The molecule has 0 saturated carbocycles. The van der Waals surface area contributed by atoms with E-state index in [9.17, 15) is 23.3 Å². The van der Waals surface area contributed by atoms with Gasteiger partial charge in [-0.15, -0.1) is 0 Å². The van der Waals surface area contributed by atoms with Gasteiger partial charge in [0.2, 0.25) is 10.0 Å². The lowest BCUT2D eigenvalue weighted by Gasteiger charge is -2.20. The Bertz CT molecular complexity index is 1030. The Balaban J connectivity index is 1.84. The first-order chi connectivity index (χ1) is 13.8. The molecule has 0 aromatic heterocycles. The molecule has 1 heterocycles. The van der Waals surface area contributed by atoms with Gasteiger partial charge in [0.25, 0.3) is 11.6 Å². The monoisotopic (exact) mass is 437 g/mol. The van der Waals surface area contributed by atoms with Gasteiger partial charge in [0.1, 0.15) is 0 Å². The number of nitrogens with zero attached hydrogens (tertiary/aromatic N) is 2. The topological polar surface area (TPSA) is 110 Å². The van der Waals surface area contributed by atoms with Gasteiger partial charge in [0, 0.05) is 30.9 Å². The van der Waals surface area contributed by atoms with Crippen LogP contribution in [0.15, 0.2) is 47.4 Å². The number of nitrogens with one attached hydrogen (secondary N) is 1. The molecule has 0 atom stereocenters. The van der Waals surface area contributed by atoms with E-state index in [1.807, 2.05) is 0 Å². The predicted molar refractivity (Wildman–Crippen MR) is 110 cm³/mol. The van der Waals surface area contributed by atoms with E-state index >= 15 is 0 Å². The zero-order valence-corrected chi connectivity index (χ0v) is 17.1. The summed E-state index contributed by atoms with van der Waals surface area (Å²) in [6.45, 7) is 0.949. The van der Waals surface area contributed by atoms with Crippen LogP contribution in [0, 0.1) is 10.1 Å². The third kappa shape index (κ3) is 4.92. The minimum atomic E-state index is -3.67. The van der Waals surface area contributed by atoms with Crippen LogP contribution < -0.4 is 5.32 Å². The summed E-state index contributed by atoms with van der Waals surface area (Å²) in [4.78, 5) is 22.9. The van der Waals surface area contributed by atoms with Gasteiger partial charge < -0.3 is 5.32 Å². The van der Waals surface area contributed by atoms with E-state index in [-0.39, 0.29) is 26.9 Å². The third-order valence-corrected chi connectivity index (χ3v) is 6.92. The molecule has 2 aromatic rings. The van der Waals surface area contributed by atoms with Crippen molar-refractivity contribution < 1.29 is 18.1 Å². The maximum absolute atomic E-state index is 12.9. The number of carbonyl (C=O) groups excluding carboxylic acids is 1. The molecule has 1 aliphatic rings. The van der Waals surface area contributed by atoms with Crippen molar-refractivity contribution in [2.75, 3.05) is 18.4 Å². The number of hydrogen-bond donors (Lipinski definition) is 1. The second kappa shape index (κ2) is 8.89. The summed E-state index contributed by atoms with van der Waals surface area (Å²) >= 11 is 6.00. The van der Waals surface area contributed by atoms with Crippen molar-refractivity contribution in [2.24, 2.45) is 0 Å². The number of hydrogen-bond acceptors (Lipinski definition) is 5. The lowest BCUT2D eigenvalue weighted by atomic mass is 10.2. The van der Waals surface area contributed by atoms with Gasteiger partial charge in [-0.1, -0.05) is 30.5 Å². The summed E-state index contributed by atoms with van der Waals surface area (Å²) < 4.78 is 27.3. The molecule has 0 spiro atoms. The van der Waals surface area contributed by atoms with Crippen molar-refractivity contribution in [1.82, 2.24) is 4.31 Å². The number of benzene rings is 2. The van der Waals surface area contributed by atoms with E-state index in [4.69, 9.17) is 11.6 Å². The Hall–Kier alpha value is -2.49. The highest BCUT2D eigenvalue weighted by Crippen LogP contribution is 2.25. The Labute approximate surface area is 173 Å². The van der Waals surface area contributed by atoms with E-state index in [0.717, 1.165) is 31.7 Å². The van der Waals surface area contributed by atoms with Crippen molar-refractivity contribution in [3.05, 3.63) is 63.2 Å². The molecule has 10 heteroatoms. The fraction of sp³-hybridized carbons (Fsp3) is 0.316. The zero-order valence-electron chi connectivity index (χ0n) is 15.5. The molecule has 1 N–H and O–H groups in total. The average molecular weight is 438 g/mol. The number of non-ortho nitro benzene ring substituents is 1. The van der Waals surface area contributed by atoms with Crippen LogP contribution >= 0.6 is 11.6 Å². The average Bonchev–Trinajstić information content (AvgIpc) is 2.98. The van der Waals surface area contributed by atoms with Crippen molar-refractivity contribution in [3.63, 3.8) is 0 Å². The summed E-state index contributed by atoms with van der Waals surface area (Å²) in [6.07, 6.45) is 3.65. The summed E-state index contributed by atoms with van der Waals surface area (Å²) in [6, 6.07) is 9.50. The number of carbonyl (C=O) groups is 1. The first-order valence-corrected chi connectivity index (χ1v) is 11.0. The SMILES string of the molecule is O=C(Nc1cccc(S(=O)(=O)N2CCCCCC2)c1)c1cc([N+](=O)[O-])ccc1Cl. The number of nitro groups is 1. The van der Waals surface area contributed by atoms with Crippen LogP contribution in [0.1, 0.15) is 36.0 Å². The summed E-state index contributed by atoms with van der Waals surface area (Å²) in [5.41, 5.74) is -0.0767. The molecule has 0 unspecified atom stereocenters. The van der Waals surface area contributed by atoms with Gasteiger partial charge in [-0.05, 0) is 37.1 Å². The van der Waals surface area contributed by atoms with Crippen LogP contribution in [0.25, 0.3) is 0 Å². The fourth-order valence-corrected chi connectivity index (χ4v) is 4.93. The minimum absolute atomic E-state index is 0.0569. The van der Waals surface area contributed by atoms with Gasteiger partial charge in [0.15, 0.2) is 0 Å². The Morgan fingerprint density at radius 3 is 2.41 bits per heavy atom. The molecule has 2 aromatic carbocycles.